The van der Waals surface area contributed by atoms with Crippen LogP contribution >= 0.6 is 0 Å². The molecule has 1 aliphatic carbocycles. The first-order chi connectivity index (χ1) is 15.7. The molecule has 2 fully saturated rings. The van der Waals surface area contributed by atoms with E-state index in [4.69, 9.17) is 9.47 Å². The van der Waals surface area contributed by atoms with Gasteiger partial charge in [0.2, 0.25) is 5.91 Å². The minimum absolute atomic E-state index is 0.0949. The van der Waals surface area contributed by atoms with Crippen LogP contribution in [0.5, 0.6) is 5.75 Å². The van der Waals surface area contributed by atoms with Crippen molar-refractivity contribution in [1.82, 2.24) is 10.2 Å². The molecule has 0 spiro atoms. The SMILES string of the molecule is Cc1ccc(C(CNC(=O)CCc2cccc(OC3CCCC3)c2)N2CCOCC2)cc1. The van der Waals surface area contributed by atoms with Crippen molar-refractivity contribution in [1.29, 1.82) is 0 Å². The lowest BCUT2D eigenvalue weighted by molar-refractivity contribution is -0.121. The zero-order chi connectivity index (χ0) is 22.2. The molecule has 1 heterocycles. The van der Waals surface area contributed by atoms with Gasteiger partial charge in [-0.1, -0.05) is 42.0 Å². The minimum atomic E-state index is 0.0949. The zero-order valence-corrected chi connectivity index (χ0v) is 19.2. The van der Waals surface area contributed by atoms with Gasteiger partial charge >= 0.3 is 0 Å². The summed E-state index contributed by atoms with van der Waals surface area (Å²) < 4.78 is 11.6. The second kappa shape index (κ2) is 11.5. The van der Waals surface area contributed by atoms with Crippen LogP contribution in [0.25, 0.3) is 0 Å². The standard InChI is InChI=1S/C27H36N2O3/c1-21-9-12-23(13-10-21)26(29-15-17-31-18-16-29)20-28-27(30)14-11-22-5-4-8-25(19-22)32-24-6-2-3-7-24/h4-5,8-10,12-13,19,24,26H,2-3,6-7,11,14-18,20H2,1H3,(H,28,30). The summed E-state index contributed by atoms with van der Waals surface area (Å²) in [6.07, 6.45) is 6.39. The number of nitrogens with one attached hydrogen (secondary N) is 1. The van der Waals surface area contributed by atoms with Gasteiger partial charge in [-0.2, -0.15) is 0 Å². The predicted octanol–water partition coefficient (Wildman–Crippen LogP) is 4.44. The van der Waals surface area contributed by atoms with E-state index in [-0.39, 0.29) is 11.9 Å². The molecule has 2 aliphatic rings. The van der Waals surface area contributed by atoms with Crippen LogP contribution in [0.3, 0.4) is 0 Å². The number of ether oxygens (including phenoxy) is 2. The van der Waals surface area contributed by atoms with Gasteiger partial charge in [-0.15, -0.1) is 0 Å². The monoisotopic (exact) mass is 436 g/mol. The lowest BCUT2D eigenvalue weighted by atomic mass is 10.0. The molecule has 5 heteroatoms. The molecule has 1 amide bonds. The highest BCUT2D eigenvalue weighted by Gasteiger charge is 2.23. The van der Waals surface area contributed by atoms with Crippen molar-refractivity contribution in [3.05, 3.63) is 65.2 Å². The highest BCUT2D eigenvalue weighted by molar-refractivity contribution is 5.76. The number of morpholine rings is 1. The maximum atomic E-state index is 12.7. The number of benzene rings is 2. The van der Waals surface area contributed by atoms with E-state index in [0.717, 1.165) is 56.9 Å². The highest BCUT2D eigenvalue weighted by Crippen LogP contribution is 2.25. The van der Waals surface area contributed by atoms with E-state index in [1.165, 1.54) is 24.0 Å². The Kier molecular flexibility index (Phi) is 8.18. The Morgan fingerprint density at radius 2 is 1.88 bits per heavy atom. The Hall–Kier alpha value is -2.37. The second-order valence-electron chi connectivity index (χ2n) is 9.05. The van der Waals surface area contributed by atoms with Crippen molar-refractivity contribution in [2.45, 2.75) is 57.6 Å². The smallest absolute Gasteiger partial charge is 0.220 e. The Morgan fingerprint density at radius 1 is 1.12 bits per heavy atom. The maximum Gasteiger partial charge on any atom is 0.220 e. The number of rotatable bonds is 9. The third-order valence-electron chi connectivity index (χ3n) is 6.59. The normalized spacial score (nSPS) is 18.4. The molecule has 0 aromatic heterocycles. The number of amides is 1. The van der Waals surface area contributed by atoms with E-state index in [1.54, 1.807) is 0 Å². The van der Waals surface area contributed by atoms with Crippen molar-refractivity contribution in [3.63, 3.8) is 0 Å². The maximum absolute atomic E-state index is 12.7. The molecule has 0 bridgehead atoms. The number of hydrogen-bond donors (Lipinski definition) is 1. The summed E-state index contributed by atoms with van der Waals surface area (Å²) in [6, 6.07) is 17.0. The van der Waals surface area contributed by atoms with Crippen molar-refractivity contribution in [2.24, 2.45) is 0 Å². The molecule has 1 aliphatic heterocycles. The van der Waals surface area contributed by atoms with Crippen LogP contribution in [0.4, 0.5) is 0 Å². The first-order valence-corrected chi connectivity index (χ1v) is 12.1. The molecule has 2 aromatic carbocycles. The molecular formula is C27H36N2O3. The summed E-state index contributed by atoms with van der Waals surface area (Å²) in [6.45, 7) is 5.99. The van der Waals surface area contributed by atoms with Gasteiger partial charge < -0.3 is 14.8 Å². The minimum Gasteiger partial charge on any atom is -0.490 e. The van der Waals surface area contributed by atoms with Gasteiger partial charge in [0.05, 0.1) is 25.4 Å². The van der Waals surface area contributed by atoms with Crippen LogP contribution in [-0.4, -0.2) is 49.8 Å². The Morgan fingerprint density at radius 3 is 2.62 bits per heavy atom. The average molecular weight is 437 g/mol. The molecule has 1 atom stereocenters. The molecule has 5 nitrogen and oxygen atoms in total. The lowest BCUT2D eigenvalue weighted by Crippen LogP contribution is -2.43. The fourth-order valence-corrected chi connectivity index (χ4v) is 4.67. The average Bonchev–Trinajstić information content (AvgIpc) is 3.33. The highest BCUT2D eigenvalue weighted by atomic mass is 16.5. The molecule has 1 saturated carbocycles. The van der Waals surface area contributed by atoms with Crippen molar-refractivity contribution in [3.8, 4) is 5.75 Å². The molecule has 4 rings (SSSR count). The molecule has 0 radical (unpaired) electrons. The number of aryl methyl sites for hydroxylation is 2. The van der Waals surface area contributed by atoms with E-state index in [0.29, 0.717) is 19.1 Å². The quantitative estimate of drug-likeness (QED) is 0.631. The third-order valence-corrected chi connectivity index (χ3v) is 6.59. The van der Waals surface area contributed by atoms with Gasteiger partial charge in [0.25, 0.3) is 0 Å². The number of carbonyl (C=O) groups excluding carboxylic acids is 1. The van der Waals surface area contributed by atoms with Crippen LogP contribution in [0.15, 0.2) is 48.5 Å². The predicted molar refractivity (Wildman–Crippen MR) is 127 cm³/mol. The van der Waals surface area contributed by atoms with Crippen LogP contribution in [0, 0.1) is 6.92 Å². The summed E-state index contributed by atoms with van der Waals surface area (Å²) in [5.41, 5.74) is 3.64. The summed E-state index contributed by atoms with van der Waals surface area (Å²) in [4.78, 5) is 15.1. The lowest BCUT2D eigenvalue weighted by Gasteiger charge is -2.35. The number of nitrogens with zero attached hydrogens (tertiary/aromatic N) is 1. The van der Waals surface area contributed by atoms with Crippen molar-refractivity contribution in [2.75, 3.05) is 32.8 Å². The zero-order valence-electron chi connectivity index (χ0n) is 19.2. The fraction of sp³-hybridized carbons (Fsp3) is 0.519. The van der Waals surface area contributed by atoms with Crippen molar-refractivity contribution < 1.29 is 14.3 Å². The van der Waals surface area contributed by atoms with Gasteiger partial charge in [-0.05, 0) is 62.3 Å². The van der Waals surface area contributed by atoms with E-state index < -0.39 is 0 Å². The van der Waals surface area contributed by atoms with Crippen LogP contribution in [-0.2, 0) is 16.0 Å². The number of hydrogen-bond acceptors (Lipinski definition) is 4. The van der Waals surface area contributed by atoms with Gasteiger partial charge in [0, 0.05) is 26.1 Å². The number of carbonyl (C=O) groups is 1. The van der Waals surface area contributed by atoms with Crippen LogP contribution in [0.2, 0.25) is 0 Å². The van der Waals surface area contributed by atoms with E-state index in [9.17, 15) is 4.79 Å². The van der Waals surface area contributed by atoms with Crippen LogP contribution in [0.1, 0.15) is 54.8 Å². The van der Waals surface area contributed by atoms with E-state index in [2.05, 4.69) is 53.5 Å². The molecule has 1 N–H and O–H groups in total. The summed E-state index contributed by atoms with van der Waals surface area (Å²) in [5, 5.41) is 3.18. The van der Waals surface area contributed by atoms with Gasteiger partial charge in [-0.3, -0.25) is 9.69 Å². The van der Waals surface area contributed by atoms with Crippen LogP contribution < -0.4 is 10.1 Å². The molecule has 32 heavy (non-hydrogen) atoms. The van der Waals surface area contributed by atoms with E-state index >= 15 is 0 Å². The molecule has 1 unspecified atom stereocenters. The van der Waals surface area contributed by atoms with E-state index in [1.807, 2.05) is 12.1 Å². The summed E-state index contributed by atoms with van der Waals surface area (Å²) in [5.74, 6) is 1.03. The topological polar surface area (TPSA) is 50.8 Å². The summed E-state index contributed by atoms with van der Waals surface area (Å²) >= 11 is 0. The van der Waals surface area contributed by atoms with Gasteiger partial charge in [0.1, 0.15) is 5.75 Å². The Balaban J connectivity index is 1.29. The Bertz CT molecular complexity index is 855. The molecule has 2 aromatic rings. The van der Waals surface area contributed by atoms with Crippen molar-refractivity contribution >= 4 is 5.91 Å². The van der Waals surface area contributed by atoms with Gasteiger partial charge in [-0.25, -0.2) is 0 Å². The second-order valence-corrected chi connectivity index (χ2v) is 9.05. The molecule has 1 saturated heterocycles. The molecule has 172 valence electrons. The fourth-order valence-electron chi connectivity index (χ4n) is 4.67. The Labute approximate surface area is 192 Å². The summed E-state index contributed by atoms with van der Waals surface area (Å²) in [7, 11) is 0. The first-order valence-electron chi connectivity index (χ1n) is 12.1. The molecular weight excluding hydrogens is 400 g/mol. The first kappa shape index (κ1) is 22.8. The van der Waals surface area contributed by atoms with Gasteiger partial charge in [0.15, 0.2) is 0 Å². The third kappa shape index (κ3) is 6.57. The largest absolute Gasteiger partial charge is 0.490 e.